The first-order chi connectivity index (χ1) is 29.0. The van der Waals surface area contributed by atoms with Gasteiger partial charge in [0.15, 0.2) is 0 Å². The van der Waals surface area contributed by atoms with Crippen LogP contribution < -0.4 is 41.7 Å². The van der Waals surface area contributed by atoms with Crippen molar-refractivity contribution in [3.63, 3.8) is 0 Å². The van der Waals surface area contributed by atoms with Crippen LogP contribution in [0.4, 0.5) is 0 Å². The predicted octanol–water partition coefficient (Wildman–Crippen LogP) is 8.51. The average Bonchev–Trinajstić information content (AvgIpc) is 3.65. The maximum atomic E-state index is 2.76. The summed E-state index contributed by atoms with van der Waals surface area (Å²) in [7, 11) is 0.919. The third-order valence-corrected chi connectivity index (χ3v) is 21.3. The van der Waals surface area contributed by atoms with E-state index < -0.39 is 0 Å². The van der Waals surface area contributed by atoms with E-state index >= 15 is 0 Å². The zero-order valence-corrected chi connectivity index (χ0v) is 37.8. The van der Waals surface area contributed by atoms with Gasteiger partial charge in [0.05, 0.1) is 0 Å². The topological polar surface area (TPSA) is 0 Å². The van der Waals surface area contributed by atoms with Gasteiger partial charge in [0.25, 0.3) is 0 Å². The van der Waals surface area contributed by atoms with Crippen LogP contribution in [0.2, 0.25) is 0 Å². The van der Waals surface area contributed by atoms with Crippen molar-refractivity contribution < 1.29 is 0 Å². The molecule has 2 heteroatoms. The molecule has 5 unspecified atom stereocenters. The summed E-state index contributed by atoms with van der Waals surface area (Å²) < 4.78 is 0. The fourth-order valence-electron chi connectivity index (χ4n) is 13.5. The highest BCUT2D eigenvalue weighted by atomic mass is 31.1. The molecular formula is C57H64P2. The van der Waals surface area contributed by atoms with Crippen molar-refractivity contribution in [3.8, 4) is 0 Å². The zero-order chi connectivity index (χ0) is 39.6. The molecule has 4 aromatic carbocycles. The van der Waals surface area contributed by atoms with E-state index in [0.29, 0.717) is 17.8 Å². The maximum absolute atomic E-state index is 2.76. The molecule has 59 heavy (non-hydrogen) atoms. The first-order valence-electron chi connectivity index (χ1n) is 23.7. The summed E-state index contributed by atoms with van der Waals surface area (Å²) in [4.78, 5) is 0. The van der Waals surface area contributed by atoms with Crippen LogP contribution in [0.15, 0.2) is 72.8 Å². The third-order valence-electron chi connectivity index (χ3n) is 16.2. The van der Waals surface area contributed by atoms with Crippen LogP contribution in [0.5, 0.6) is 0 Å². The molecule has 0 spiro atoms. The van der Waals surface area contributed by atoms with Crippen LogP contribution in [-0.2, 0) is 12.3 Å². The average molecular weight is 811 g/mol. The lowest BCUT2D eigenvalue weighted by atomic mass is 9.72. The zero-order valence-electron chi connectivity index (χ0n) is 35.9. The lowest BCUT2D eigenvalue weighted by molar-refractivity contribution is 0.183. The Bertz CT molecular complexity index is 2830. The maximum Gasteiger partial charge on any atom is -0.00640 e. The fourth-order valence-corrected chi connectivity index (χ4v) is 19.1. The molecule has 11 rings (SSSR count). The highest BCUT2D eigenvalue weighted by molar-refractivity contribution is 7.57. The molecule has 1 heterocycles. The van der Waals surface area contributed by atoms with E-state index in [1.54, 1.807) is 43.8 Å². The summed E-state index contributed by atoms with van der Waals surface area (Å²) in [6.45, 7) is 7.60. The summed E-state index contributed by atoms with van der Waals surface area (Å²) >= 11 is 0. The van der Waals surface area contributed by atoms with Gasteiger partial charge in [-0.3, -0.25) is 0 Å². The van der Waals surface area contributed by atoms with Gasteiger partial charge in [-0.15, -0.1) is 8.58 Å². The predicted molar refractivity (Wildman–Crippen MR) is 258 cm³/mol. The van der Waals surface area contributed by atoms with Gasteiger partial charge in [0.2, 0.25) is 0 Å². The Hall–Kier alpha value is -3.30. The summed E-state index contributed by atoms with van der Waals surface area (Å²) in [5, 5.41) is 12.0. The Morgan fingerprint density at radius 2 is 1.39 bits per heavy atom. The number of hydrogen-bond donors (Lipinski definition) is 0. The molecule has 0 bridgehead atoms. The fraction of sp³-hybridized carbons (Fsp3) is 0.439. The summed E-state index contributed by atoms with van der Waals surface area (Å²) in [6, 6.07) is 28.8. The SMILES string of the molecule is CC1[C@H](C2CCC[C@@H]2PCc2ccc3c(c2C2=c4ccccc4=C[C@@H](C)C2)=C[C@H](C)CC=3)CCC[C@@H]1P1Cc2ccc3c(c2C2=c4ccccc4=CCC2C1)=CCCC=3. The van der Waals surface area contributed by atoms with E-state index in [0.717, 1.165) is 50.5 Å². The third kappa shape index (κ3) is 7.06. The molecule has 1 aliphatic heterocycles. The molecular weight excluding hydrogens is 747 g/mol. The highest BCUT2D eigenvalue weighted by Gasteiger charge is 2.44. The van der Waals surface area contributed by atoms with Crippen molar-refractivity contribution in [3.05, 3.63) is 137 Å². The van der Waals surface area contributed by atoms with E-state index in [9.17, 15) is 0 Å². The molecule has 0 saturated heterocycles. The van der Waals surface area contributed by atoms with Crippen molar-refractivity contribution in [2.75, 3.05) is 6.16 Å². The second kappa shape index (κ2) is 16.2. The lowest BCUT2D eigenvalue weighted by Gasteiger charge is -2.45. The van der Waals surface area contributed by atoms with E-state index in [2.05, 4.69) is 130 Å². The minimum absolute atomic E-state index is 0.108. The van der Waals surface area contributed by atoms with E-state index in [1.807, 2.05) is 0 Å². The Morgan fingerprint density at radius 1 is 0.627 bits per heavy atom. The van der Waals surface area contributed by atoms with Gasteiger partial charge in [0, 0.05) is 0 Å². The minimum atomic E-state index is -0.108. The Labute approximate surface area is 356 Å². The van der Waals surface area contributed by atoms with Crippen LogP contribution in [0.1, 0.15) is 114 Å². The number of fused-ring (bicyclic) bond motifs is 8. The second-order valence-corrected chi connectivity index (χ2v) is 23.9. The van der Waals surface area contributed by atoms with Crippen molar-refractivity contribution in [2.45, 2.75) is 115 Å². The number of hydrogen-bond acceptors (Lipinski definition) is 0. The molecule has 2 fully saturated rings. The molecule has 0 N–H and O–H groups in total. The summed E-state index contributed by atoms with van der Waals surface area (Å²) in [5.41, 5.74) is 11.7. The molecule has 0 amide bonds. The summed E-state index contributed by atoms with van der Waals surface area (Å²) in [6.07, 6.45) is 34.0. The van der Waals surface area contributed by atoms with E-state index in [1.165, 1.54) is 108 Å². The van der Waals surface area contributed by atoms with Crippen molar-refractivity contribution in [1.82, 2.24) is 0 Å². The second-order valence-electron chi connectivity index (χ2n) is 19.9. The van der Waals surface area contributed by atoms with Gasteiger partial charge in [-0.05, 0) is 198 Å². The van der Waals surface area contributed by atoms with Crippen molar-refractivity contribution in [1.29, 1.82) is 0 Å². The molecule has 4 aromatic rings. The largest absolute Gasteiger partial charge is 0.114 e. The van der Waals surface area contributed by atoms with Gasteiger partial charge in [-0.1, -0.05) is 151 Å². The van der Waals surface area contributed by atoms with Gasteiger partial charge < -0.3 is 0 Å². The normalized spacial score (nSPS) is 30.7. The minimum Gasteiger partial charge on any atom is -0.114 e. The molecule has 6 aliphatic carbocycles. The van der Waals surface area contributed by atoms with Gasteiger partial charge in [-0.25, -0.2) is 0 Å². The quantitative estimate of drug-likeness (QED) is 0.172. The molecule has 0 aromatic heterocycles. The van der Waals surface area contributed by atoms with Gasteiger partial charge in [-0.2, -0.15) is 0 Å². The number of rotatable bonds is 6. The van der Waals surface area contributed by atoms with Crippen LogP contribution in [-0.4, -0.2) is 17.5 Å². The lowest BCUT2D eigenvalue weighted by Crippen LogP contribution is -2.39. The molecule has 10 atom stereocenters. The molecule has 0 radical (unpaired) electrons. The first kappa shape index (κ1) is 38.6. The molecule has 7 aliphatic rings. The Kier molecular flexibility index (Phi) is 10.6. The number of benzene rings is 4. The Morgan fingerprint density at radius 3 is 2.31 bits per heavy atom. The van der Waals surface area contributed by atoms with Crippen LogP contribution in [0.25, 0.3) is 47.6 Å². The first-order valence-corrected chi connectivity index (χ1v) is 26.8. The standard InChI is InChI=1S/C57H64P2/c1-36-22-23-41-24-27-43(55(51(41)31-36)52-32-37(2)30-42-14-6-7-15-47(42)52)33-58-53-20-10-19-50(53)46-18-11-21-54(38(46)3)59-34-44-28-25-39-12-4-8-16-48(39)56(44)57-45(35-59)29-26-40-13-5-9-17-49(40)57/h4,6-8,12-17,23-27,29-31,36-38,44,46,50,53-54,58H,5,9-11,18-22,28,32-35H2,1-3H3/t36-,37-,38?,44?,46-,50?,53+,54+,59?/m1/s1. The smallest absolute Gasteiger partial charge is 0.00640 e. The van der Waals surface area contributed by atoms with E-state index in [4.69, 9.17) is 0 Å². The highest BCUT2D eigenvalue weighted by Crippen LogP contribution is 2.60. The summed E-state index contributed by atoms with van der Waals surface area (Å²) in [5.74, 6) is 4.48. The molecule has 302 valence electrons. The van der Waals surface area contributed by atoms with Crippen molar-refractivity contribution in [2.24, 2.45) is 35.5 Å². The van der Waals surface area contributed by atoms with Crippen molar-refractivity contribution >= 4 is 64.1 Å². The van der Waals surface area contributed by atoms with Gasteiger partial charge in [0.1, 0.15) is 0 Å². The van der Waals surface area contributed by atoms with Gasteiger partial charge >= 0.3 is 0 Å². The van der Waals surface area contributed by atoms with E-state index in [-0.39, 0.29) is 7.92 Å². The molecule has 2 saturated carbocycles. The Balaban J connectivity index is 0.899. The molecule has 0 nitrogen and oxygen atoms in total. The monoisotopic (exact) mass is 810 g/mol. The van der Waals surface area contributed by atoms with Crippen LogP contribution in [0, 0.1) is 35.5 Å². The van der Waals surface area contributed by atoms with Crippen LogP contribution in [0.3, 0.4) is 0 Å². The van der Waals surface area contributed by atoms with Crippen LogP contribution >= 0.6 is 16.5 Å².